The lowest BCUT2D eigenvalue weighted by Crippen LogP contribution is -2.37. The third-order valence-electron chi connectivity index (χ3n) is 8.44. The number of nitrogens with zero attached hydrogens (tertiary/aromatic N) is 2. The molecule has 3 atom stereocenters. The lowest BCUT2D eigenvalue weighted by molar-refractivity contribution is 0.656. The van der Waals surface area contributed by atoms with Gasteiger partial charge < -0.3 is 10.6 Å². The monoisotopic (exact) mass is 542 g/mol. The van der Waals surface area contributed by atoms with E-state index in [2.05, 4.69) is 150 Å². The Labute approximate surface area is 245 Å². The Bertz CT molecular complexity index is 1920. The first-order valence-corrected chi connectivity index (χ1v) is 14.6. The Morgan fingerprint density at radius 3 is 2.38 bits per heavy atom. The van der Waals surface area contributed by atoms with Crippen LogP contribution in [0.3, 0.4) is 0 Å². The molecule has 4 nitrogen and oxygen atoms in total. The maximum absolute atomic E-state index is 5.15. The van der Waals surface area contributed by atoms with Gasteiger partial charge in [-0.05, 0) is 33.5 Å². The molecular formula is C38H30N4. The van der Waals surface area contributed by atoms with Crippen LogP contribution >= 0.6 is 0 Å². The van der Waals surface area contributed by atoms with E-state index in [1.807, 2.05) is 0 Å². The van der Waals surface area contributed by atoms with Gasteiger partial charge in [0.1, 0.15) is 11.7 Å². The van der Waals surface area contributed by atoms with Crippen molar-refractivity contribution in [2.45, 2.75) is 6.17 Å². The van der Waals surface area contributed by atoms with Crippen LogP contribution in [0.4, 0.5) is 5.69 Å². The van der Waals surface area contributed by atoms with Crippen LogP contribution in [0, 0.1) is 11.8 Å². The molecule has 0 bridgehead atoms. The number of para-hydroxylation sites is 1. The van der Waals surface area contributed by atoms with Gasteiger partial charge in [0, 0.05) is 40.8 Å². The number of aliphatic imine (C=N–C) groups is 2. The molecule has 4 aromatic carbocycles. The third kappa shape index (κ3) is 4.51. The molecule has 0 saturated carbocycles. The van der Waals surface area contributed by atoms with Gasteiger partial charge in [0.2, 0.25) is 0 Å². The Balaban J connectivity index is 1.17. The Hall–Kier alpha value is -5.22. The Kier molecular flexibility index (Phi) is 6.03. The smallest absolute Gasteiger partial charge is 0.169 e. The molecule has 0 saturated heterocycles. The van der Waals surface area contributed by atoms with Crippen molar-refractivity contribution in [3.63, 3.8) is 0 Å². The summed E-state index contributed by atoms with van der Waals surface area (Å²) in [6.07, 6.45) is 19.6. The summed E-state index contributed by atoms with van der Waals surface area (Å²) in [6.45, 7) is 0.846. The molecular weight excluding hydrogens is 512 g/mol. The summed E-state index contributed by atoms with van der Waals surface area (Å²) in [4.78, 5) is 10.3. The number of amidine groups is 2. The van der Waals surface area contributed by atoms with Crippen LogP contribution in [0.2, 0.25) is 0 Å². The van der Waals surface area contributed by atoms with Crippen molar-refractivity contribution in [2.24, 2.45) is 21.8 Å². The molecule has 4 heteroatoms. The first-order valence-electron chi connectivity index (χ1n) is 14.6. The van der Waals surface area contributed by atoms with Crippen LogP contribution in [0.1, 0.15) is 22.9 Å². The van der Waals surface area contributed by atoms with Crippen LogP contribution in [0.25, 0.3) is 28.0 Å². The molecule has 0 fully saturated rings. The van der Waals surface area contributed by atoms with Gasteiger partial charge in [0.25, 0.3) is 0 Å². The maximum Gasteiger partial charge on any atom is 0.169 e. The molecule has 0 radical (unpaired) electrons. The molecule has 2 heterocycles. The number of allylic oxidation sites excluding steroid dienone is 6. The van der Waals surface area contributed by atoms with E-state index in [9.17, 15) is 0 Å². The first-order chi connectivity index (χ1) is 20.8. The minimum atomic E-state index is -0.341. The molecule has 0 spiro atoms. The second-order valence-corrected chi connectivity index (χ2v) is 11.1. The zero-order valence-electron chi connectivity index (χ0n) is 23.1. The summed E-state index contributed by atoms with van der Waals surface area (Å²) in [7, 11) is 0. The average molecular weight is 543 g/mol. The van der Waals surface area contributed by atoms with E-state index >= 15 is 0 Å². The molecule has 2 aliphatic carbocycles. The number of nitrogens with one attached hydrogen (secondary N) is 2. The molecule has 0 aromatic heterocycles. The lowest BCUT2D eigenvalue weighted by atomic mass is 9.83. The first kappa shape index (κ1) is 24.6. The fraction of sp³-hybridized carbons (Fsp3) is 0.105. The molecule has 2 aliphatic heterocycles. The Morgan fingerprint density at radius 2 is 1.48 bits per heavy atom. The number of anilines is 1. The molecule has 202 valence electrons. The second kappa shape index (κ2) is 10.3. The summed E-state index contributed by atoms with van der Waals surface area (Å²) >= 11 is 0. The zero-order chi connectivity index (χ0) is 27.9. The minimum Gasteiger partial charge on any atom is -0.381 e. The number of hydrogen-bond acceptors (Lipinski definition) is 4. The van der Waals surface area contributed by atoms with Crippen molar-refractivity contribution >= 4 is 34.2 Å². The molecule has 42 heavy (non-hydrogen) atoms. The molecule has 2 N–H and O–H groups in total. The summed E-state index contributed by atoms with van der Waals surface area (Å²) in [5.74, 6) is 2.42. The number of benzene rings is 4. The zero-order valence-corrected chi connectivity index (χ0v) is 23.1. The van der Waals surface area contributed by atoms with Crippen molar-refractivity contribution in [3.05, 3.63) is 156 Å². The topological polar surface area (TPSA) is 48.8 Å². The number of fused-ring (bicyclic) bond motifs is 3. The van der Waals surface area contributed by atoms with E-state index in [0.29, 0.717) is 11.8 Å². The third-order valence-corrected chi connectivity index (χ3v) is 8.44. The summed E-state index contributed by atoms with van der Waals surface area (Å²) in [6, 6.07) is 30.1. The fourth-order valence-electron chi connectivity index (χ4n) is 6.20. The van der Waals surface area contributed by atoms with E-state index in [1.54, 1.807) is 0 Å². The standard InChI is InChI=1S/C38H30N4/c1-3-9-30-23-32(20-14-25(30)7-1)37-40-36(41-38(42-37)33-21-15-26-8-2-4-10-31(26)24-33)29-18-16-27(17-19-29)34-13-5-11-28-12-6-22-39-35(28)34/h1-21,23-25,30,38-39H,22H2,(H,40,41,42). The second-order valence-electron chi connectivity index (χ2n) is 11.1. The van der Waals surface area contributed by atoms with Gasteiger partial charge in [-0.3, -0.25) is 0 Å². The van der Waals surface area contributed by atoms with E-state index in [0.717, 1.165) is 34.9 Å². The number of hydrogen-bond donors (Lipinski definition) is 2. The predicted octanol–water partition coefficient (Wildman–Crippen LogP) is 8.25. The van der Waals surface area contributed by atoms with E-state index in [4.69, 9.17) is 9.98 Å². The van der Waals surface area contributed by atoms with Gasteiger partial charge in [0.05, 0.1) is 0 Å². The van der Waals surface area contributed by atoms with E-state index in [1.165, 1.54) is 33.2 Å². The van der Waals surface area contributed by atoms with Crippen LogP contribution in [-0.2, 0) is 0 Å². The fourth-order valence-corrected chi connectivity index (χ4v) is 6.20. The highest BCUT2D eigenvalue weighted by atomic mass is 15.2. The SMILES string of the molecule is C1=CC2C=CC(C3=NC(c4ccc5ccccc5c4)N=C(c4ccc(-c5cccc6c5NCC=C6)cc4)N3)=CC2C=C1. The van der Waals surface area contributed by atoms with Crippen molar-refractivity contribution < 1.29 is 0 Å². The van der Waals surface area contributed by atoms with Crippen LogP contribution in [0.15, 0.2) is 149 Å². The summed E-state index contributed by atoms with van der Waals surface area (Å²) < 4.78 is 0. The normalized spacial score (nSPS) is 21.9. The highest BCUT2D eigenvalue weighted by Crippen LogP contribution is 2.35. The highest BCUT2D eigenvalue weighted by molar-refractivity contribution is 6.17. The van der Waals surface area contributed by atoms with Crippen molar-refractivity contribution in [1.29, 1.82) is 0 Å². The average Bonchev–Trinajstić information content (AvgIpc) is 3.07. The summed E-state index contributed by atoms with van der Waals surface area (Å²) in [5, 5.41) is 9.55. The predicted molar refractivity (Wildman–Crippen MR) is 176 cm³/mol. The van der Waals surface area contributed by atoms with Crippen LogP contribution in [0.5, 0.6) is 0 Å². The highest BCUT2D eigenvalue weighted by Gasteiger charge is 2.25. The molecule has 0 amide bonds. The van der Waals surface area contributed by atoms with Crippen molar-refractivity contribution in [1.82, 2.24) is 5.32 Å². The van der Waals surface area contributed by atoms with Gasteiger partial charge in [0.15, 0.2) is 6.17 Å². The van der Waals surface area contributed by atoms with Crippen molar-refractivity contribution in [3.8, 4) is 11.1 Å². The van der Waals surface area contributed by atoms with E-state index in [-0.39, 0.29) is 6.17 Å². The quantitative estimate of drug-likeness (QED) is 0.273. The summed E-state index contributed by atoms with van der Waals surface area (Å²) in [5.41, 5.74) is 8.01. The van der Waals surface area contributed by atoms with Gasteiger partial charge in [-0.15, -0.1) is 0 Å². The number of rotatable bonds is 4. The lowest BCUT2D eigenvalue weighted by Gasteiger charge is -2.27. The largest absolute Gasteiger partial charge is 0.381 e. The maximum atomic E-state index is 5.15. The van der Waals surface area contributed by atoms with Crippen LogP contribution in [-0.4, -0.2) is 18.2 Å². The Morgan fingerprint density at radius 1 is 0.667 bits per heavy atom. The van der Waals surface area contributed by atoms with Gasteiger partial charge in [-0.2, -0.15) is 0 Å². The van der Waals surface area contributed by atoms with Crippen LogP contribution < -0.4 is 10.6 Å². The van der Waals surface area contributed by atoms with Crippen molar-refractivity contribution in [2.75, 3.05) is 11.9 Å². The molecule has 4 aromatic rings. The molecule has 8 rings (SSSR count). The van der Waals surface area contributed by atoms with E-state index < -0.39 is 0 Å². The van der Waals surface area contributed by atoms with Gasteiger partial charge in [-0.25, -0.2) is 9.98 Å². The molecule has 4 aliphatic rings. The molecule has 3 unspecified atom stereocenters. The van der Waals surface area contributed by atoms with Gasteiger partial charge >= 0.3 is 0 Å². The van der Waals surface area contributed by atoms with Gasteiger partial charge in [-0.1, -0.05) is 134 Å². The minimum absolute atomic E-state index is 0.334.